The number of aromatic amines is 1. The van der Waals surface area contributed by atoms with Crippen LogP contribution in [0.25, 0.3) is 21.7 Å². The summed E-state index contributed by atoms with van der Waals surface area (Å²) in [6.07, 6.45) is 0. The molecular formula is C13H9ClN2O. The first-order chi connectivity index (χ1) is 8.16. The molecule has 2 aromatic carbocycles. The standard InChI is InChI=1S/C13H9ClN2O/c14-7-4-5-11-9(6-7)12-8(13(17)16-11)2-1-3-10(12)15/h1-6H,15H2,(H,16,17). The normalized spacial score (nSPS) is 11.1. The van der Waals surface area contributed by atoms with E-state index in [1.807, 2.05) is 6.07 Å². The van der Waals surface area contributed by atoms with Crippen molar-refractivity contribution in [1.29, 1.82) is 0 Å². The second-order valence-electron chi connectivity index (χ2n) is 3.91. The van der Waals surface area contributed by atoms with Gasteiger partial charge >= 0.3 is 0 Å². The van der Waals surface area contributed by atoms with Crippen molar-refractivity contribution in [1.82, 2.24) is 4.98 Å². The van der Waals surface area contributed by atoms with Gasteiger partial charge in [0.05, 0.1) is 0 Å². The molecule has 3 N–H and O–H groups in total. The van der Waals surface area contributed by atoms with E-state index in [0.29, 0.717) is 16.1 Å². The first-order valence-electron chi connectivity index (χ1n) is 5.16. The van der Waals surface area contributed by atoms with Gasteiger partial charge < -0.3 is 10.7 Å². The Bertz CT molecular complexity index is 792. The highest BCUT2D eigenvalue weighted by Crippen LogP contribution is 2.28. The van der Waals surface area contributed by atoms with Gasteiger partial charge in [0.1, 0.15) is 0 Å². The van der Waals surface area contributed by atoms with E-state index in [9.17, 15) is 4.79 Å². The van der Waals surface area contributed by atoms with Crippen molar-refractivity contribution in [2.24, 2.45) is 0 Å². The highest BCUT2D eigenvalue weighted by Gasteiger charge is 2.07. The SMILES string of the molecule is Nc1cccc2c(=O)[nH]c3ccc(Cl)cc3c12. The maximum absolute atomic E-state index is 11.9. The minimum absolute atomic E-state index is 0.137. The fraction of sp³-hybridized carbons (Fsp3) is 0. The van der Waals surface area contributed by atoms with E-state index < -0.39 is 0 Å². The summed E-state index contributed by atoms with van der Waals surface area (Å²) in [5.41, 5.74) is 7.13. The van der Waals surface area contributed by atoms with Crippen molar-refractivity contribution >= 4 is 39.0 Å². The summed E-state index contributed by atoms with van der Waals surface area (Å²) in [6.45, 7) is 0. The molecule has 4 heteroatoms. The lowest BCUT2D eigenvalue weighted by Gasteiger charge is -2.06. The Morgan fingerprint density at radius 3 is 2.76 bits per heavy atom. The molecule has 3 rings (SSSR count). The number of fused-ring (bicyclic) bond motifs is 3. The molecule has 0 fully saturated rings. The van der Waals surface area contributed by atoms with Gasteiger partial charge in [0.25, 0.3) is 5.56 Å². The summed E-state index contributed by atoms with van der Waals surface area (Å²) in [6, 6.07) is 10.6. The number of benzene rings is 2. The largest absolute Gasteiger partial charge is 0.398 e. The van der Waals surface area contributed by atoms with Crippen LogP contribution in [0.15, 0.2) is 41.2 Å². The van der Waals surface area contributed by atoms with Crippen LogP contribution in [0.4, 0.5) is 5.69 Å². The van der Waals surface area contributed by atoms with Gasteiger partial charge in [-0.1, -0.05) is 17.7 Å². The number of nitrogens with one attached hydrogen (secondary N) is 1. The monoisotopic (exact) mass is 244 g/mol. The summed E-state index contributed by atoms with van der Waals surface area (Å²) in [5.74, 6) is 0. The van der Waals surface area contributed by atoms with Crippen molar-refractivity contribution in [2.45, 2.75) is 0 Å². The third-order valence-electron chi connectivity index (χ3n) is 2.84. The molecule has 0 spiro atoms. The van der Waals surface area contributed by atoms with E-state index in [-0.39, 0.29) is 5.56 Å². The van der Waals surface area contributed by atoms with E-state index in [1.165, 1.54) is 0 Å². The molecule has 0 radical (unpaired) electrons. The Hall–Kier alpha value is -2.00. The maximum atomic E-state index is 11.9. The van der Waals surface area contributed by atoms with Gasteiger partial charge in [0, 0.05) is 32.4 Å². The summed E-state index contributed by atoms with van der Waals surface area (Å²) in [5, 5.41) is 2.83. The number of anilines is 1. The molecule has 0 unspecified atom stereocenters. The quantitative estimate of drug-likeness (QED) is 0.472. The number of rotatable bonds is 0. The number of H-pyrrole nitrogens is 1. The fourth-order valence-electron chi connectivity index (χ4n) is 2.08. The average Bonchev–Trinajstić information content (AvgIpc) is 2.30. The topological polar surface area (TPSA) is 58.9 Å². The maximum Gasteiger partial charge on any atom is 0.256 e. The van der Waals surface area contributed by atoms with Crippen molar-refractivity contribution < 1.29 is 0 Å². The van der Waals surface area contributed by atoms with E-state index in [4.69, 9.17) is 17.3 Å². The molecule has 0 atom stereocenters. The van der Waals surface area contributed by atoms with E-state index in [1.54, 1.807) is 30.3 Å². The van der Waals surface area contributed by atoms with Crippen LogP contribution >= 0.6 is 11.6 Å². The third-order valence-corrected chi connectivity index (χ3v) is 3.08. The molecule has 0 saturated heterocycles. The van der Waals surface area contributed by atoms with Crippen LogP contribution in [0, 0.1) is 0 Å². The predicted molar refractivity (Wildman–Crippen MR) is 71.5 cm³/mol. The van der Waals surface area contributed by atoms with Crippen LogP contribution < -0.4 is 11.3 Å². The first-order valence-corrected chi connectivity index (χ1v) is 5.54. The van der Waals surface area contributed by atoms with Gasteiger partial charge in [0.15, 0.2) is 0 Å². The molecule has 84 valence electrons. The minimum Gasteiger partial charge on any atom is -0.398 e. The second kappa shape index (κ2) is 3.50. The third kappa shape index (κ3) is 1.47. The minimum atomic E-state index is -0.137. The fourth-order valence-corrected chi connectivity index (χ4v) is 2.25. The lowest BCUT2D eigenvalue weighted by Crippen LogP contribution is -2.07. The number of nitrogen functional groups attached to an aromatic ring is 1. The Labute approximate surface area is 102 Å². The summed E-state index contributed by atoms with van der Waals surface area (Å²) >= 11 is 5.98. The summed E-state index contributed by atoms with van der Waals surface area (Å²) < 4.78 is 0. The highest BCUT2D eigenvalue weighted by atomic mass is 35.5. The van der Waals surface area contributed by atoms with Crippen LogP contribution in [-0.2, 0) is 0 Å². The van der Waals surface area contributed by atoms with Crippen molar-refractivity contribution in [2.75, 3.05) is 5.73 Å². The number of nitrogens with two attached hydrogens (primary N) is 1. The predicted octanol–water partition coefficient (Wildman–Crippen LogP) is 2.92. The molecule has 0 aliphatic carbocycles. The van der Waals surface area contributed by atoms with Crippen LogP contribution in [0.2, 0.25) is 5.02 Å². The Morgan fingerprint density at radius 2 is 1.94 bits per heavy atom. The molecule has 3 aromatic rings. The molecule has 3 nitrogen and oxygen atoms in total. The molecule has 17 heavy (non-hydrogen) atoms. The second-order valence-corrected chi connectivity index (χ2v) is 4.35. The molecule has 1 aromatic heterocycles. The lowest BCUT2D eigenvalue weighted by molar-refractivity contribution is 1.34. The van der Waals surface area contributed by atoms with Gasteiger partial charge in [-0.05, 0) is 30.3 Å². The summed E-state index contributed by atoms with van der Waals surface area (Å²) in [7, 11) is 0. The number of hydrogen-bond donors (Lipinski definition) is 2. The van der Waals surface area contributed by atoms with Crippen LogP contribution in [-0.4, -0.2) is 4.98 Å². The first kappa shape index (κ1) is 10.2. The molecule has 0 amide bonds. The molecule has 1 heterocycles. The summed E-state index contributed by atoms with van der Waals surface area (Å²) in [4.78, 5) is 14.7. The highest BCUT2D eigenvalue weighted by molar-refractivity contribution is 6.31. The van der Waals surface area contributed by atoms with Crippen LogP contribution in [0.5, 0.6) is 0 Å². The molecule has 0 aliphatic rings. The van der Waals surface area contributed by atoms with Crippen molar-refractivity contribution in [3.05, 3.63) is 51.8 Å². The Morgan fingerprint density at radius 1 is 1.12 bits per heavy atom. The molecule has 0 aliphatic heterocycles. The average molecular weight is 245 g/mol. The smallest absolute Gasteiger partial charge is 0.256 e. The van der Waals surface area contributed by atoms with Gasteiger partial charge in [-0.2, -0.15) is 0 Å². The number of halogens is 1. The Kier molecular flexibility index (Phi) is 2.09. The zero-order chi connectivity index (χ0) is 12.0. The van der Waals surface area contributed by atoms with Crippen molar-refractivity contribution in [3.63, 3.8) is 0 Å². The number of aromatic nitrogens is 1. The van der Waals surface area contributed by atoms with E-state index in [2.05, 4.69) is 4.98 Å². The van der Waals surface area contributed by atoms with Gasteiger partial charge in [-0.3, -0.25) is 4.79 Å². The lowest BCUT2D eigenvalue weighted by atomic mass is 10.1. The zero-order valence-electron chi connectivity index (χ0n) is 8.83. The zero-order valence-corrected chi connectivity index (χ0v) is 9.58. The van der Waals surface area contributed by atoms with Crippen molar-refractivity contribution in [3.8, 4) is 0 Å². The van der Waals surface area contributed by atoms with Gasteiger partial charge in [-0.25, -0.2) is 0 Å². The van der Waals surface area contributed by atoms with E-state index >= 15 is 0 Å². The van der Waals surface area contributed by atoms with E-state index in [0.717, 1.165) is 16.3 Å². The van der Waals surface area contributed by atoms with Gasteiger partial charge in [0.2, 0.25) is 0 Å². The number of hydrogen-bond acceptors (Lipinski definition) is 2. The van der Waals surface area contributed by atoms with Crippen LogP contribution in [0.1, 0.15) is 0 Å². The van der Waals surface area contributed by atoms with Gasteiger partial charge in [-0.15, -0.1) is 0 Å². The molecule has 0 saturated carbocycles. The number of pyridine rings is 1. The molecule has 0 bridgehead atoms. The Balaban J connectivity index is 2.70. The van der Waals surface area contributed by atoms with Crippen LogP contribution in [0.3, 0.4) is 0 Å². The molecular weight excluding hydrogens is 236 g/mol.